The van der Waals surface area contributed by atoms with Crippen LogP contribution in [-0.4, -0.2) is 41.5 Å². The molecule has 2 aromatic rings. The minimum atomic E-state index is -1.10. The lowest BCUT2D eigenvalue weighted by atomic mass is 10.1. The van der Waals surface area contributed by atoms with Gasteiger partial charge in [0.25, 0.3) is 0 Å². The fourth-order valence-electron chi connectivity index (χ4n) is 1.66. The molecule has 6 nitrogen and oxygen atoms in total. The molecular weight excluding hydrogens is 234 g/mol. The van der Waals surface area contributed by atoms with Gasteiger partial charge in [-0.05, 0) is 6.07 Å². The molecule has 0 aliphatic carbocycles. The zero-order chi connectivity index (χ0) is 13.0. The van der Waals surface area contributed by atoms with Crippen molar-refractivity contribution < 1.29 is 14.6 Å². The summed E-state index contributed by atoms with van der Waals surface area (Å²) >= 11 is 0. The molecular formula is C12H13N3O3. The largest absolute Gasteiger partial charge is 0.476 e. The fraction of sp³-hybridized carbons (Fsp3) is 0.250. The average Bonchev–Trinajstić information content (AvgIpc) is 2.38. The molecule has 18 heavy (non-hydrogen) atoms. The Bertz CT molecular complexity index is 571. The van der Waals surface area contributed by atoms with Crippen molar-refractivity contribution in [2.75, 3.05) is 25.6 Å². The molecule has 0 saturated heterocycles. The smallest absolute Gasteiger partial charge is 0.358 e. The van der Waals surface area contributed by atoms with Crippen molar-refractivity contribution in [2.24, 2.45) is 0 Å². The molecule has 0 unspecified atom stereocenters. The molecule has 0 atom stereocenters. The SMILES string of the molecule is COCCNc1c(C(=O)O)nnc2ccccc12. The van der Waals surface area contributed by atoms with Gasteiger partial charge < -0.3 is 15.2 Å². The number of carboxylic acid groups (broad SMARTS) is 1. The van der Waals surface area contributed by atoms with Crippen LogP contribution in [0, 0.1) is 0 Å². The molecule has 0 aliphatic rings. The molecule has 2 N–H and O–H groups in total. The van der Waals surface area contributed by atoms with E-state index in [4.69, 9.17) is 9.84 Å². The van der Waals surface area contributed by atoms with Crippen molar-refractivity contribution in [3.63, 3.8) is 0 Å². The van der Waals surface area contributed by atoms with Crippen molar-refractivity contribution >= 4 is 22.6 Å². The summed E-state index contributed by atoms with van der Waals surface area (Å²) in [6, 6.07) is 7.26. The van der Waals surface area contributed by atoms with Gasteiger partial charge in [0.2, 0.25) is 0 Å². The molecule has 0 radical (unpaired) electrons. The summed E-state index contributed by atoms with van der Waals surface area (Å²) in [5.74, 6) is -1.10. The number of aromatic carboxylic acids is 1. The van der Waals surface area contributed by atoms with Crippen LogP contribution in [0.25, 0.3) is 10.9 Å². The number of carbonyl (C=O) groups is 1. The van der Waals surface area contributed by atoms with Gasteiger partial charge in [-0.25, -0.2) is 4.79 Å². The molecule has 94 valence electrons. The first-order valence-electron chi connectivity index (χ1n) is 5.45. The van der Waals surface area contributed by atoms with Gasteiger partial charge in [-0.15, -0.1) is 10.2 Å². The lowest BCUT2D eigenvalue weighted by Gasteiger charge is -2.10. The van der Waals surface area contributed by atoms with E-state index in [0.717, 1.165) is 5.39 Å². The summed E-state index contributed by atoms with van der Waals surface area (Å²) in [4.78, 5) is 11.1. The number of ether oxygens (including phenoxy) is 1. The predicted molar refractivity (Wildman–Crippen MR) is 66.9 cm³/mol. The van der Waals surface area contributed by atoms with E-state index in [1.807, 2.05) is 18.2 Å². The maximum Gasteiger partial charge on any atom is 0.358 e. The van der Waals surface area contributed by atoms with E-state index in [9.17, 15) is 4.79 Å². The summed E-state index contributed by atoms with van der Waals surface area (Å²) in [5, 5.41) is 20.5. The van der Waals surface area contributed by atoms with Crippen LogP contribution in [0.5, 0.6) is 0 Å². The number of fused-ring (bicyclic) bond motifs is 1. The molecule has 0 saturated carbocycles. The third-order valence-electron chi connectivity index (χ3n) is 2.48. The van der Waals surface area contributed by atoms with Crippen LogP contribution < -0.4 is 5.32 Å². The molecule has 0 fully saturated rings. The highest BCUT2D eigenvalue weighted by atomic mass is 16.5. The monoisotopic (exact) mass is 247 g/mol. The molecule has 1 heterocycles. The lowest BCUT2D eigenvalue weighted by Crippen LogP contribution is -2.14. The van der Waals surface area contributed by atoms with Gasteiger partial charge in [0, 0.05) is 19.0 Å². The van der Waals surface area contributed by atoms with E-state index >= 15 is 0 Å². The van der Waals surface area contributed by atoms with Crippen LogP contribution in [0.15, 0.2) is 24.3 Å². The van der Waals surface area contributed by atoms with E-state index in [1.165, 1.54) is 0 Å². The van der Waals surface area contributed by atoms with Crippen LogP contribution in [0.2, 0.25) is 0 Å². The zero-order valence-electron chi connectivity index (χ0n) is 9.88. The maximum atomic E-state index is 11.1. The second kappa shape index (κ2) is 5.42. The van der Waals surface area contributed by atoms with Crippen molar-refractivity contribution in [1.29, 1.82) is 0 Å². The van der Waals surface area contributed by atoms with E-state index in [2.05, 4.69) is 15.5 Å². The highest BCUT2D eigenvalue weighted by Crippen LogP contribution is 2.23. The quantitative estimate of drug-likeness (QED) is 0.777. The first kappa shape index (κ1) is 12.3. The molecule has 0 bridgehead atoms. The number of carboxylic acids is 1. The number of benzene rings is 1. The van der Waals surface area contributed by atoms with Crippen LogP contribution in [0.4, 0.5) is 5.69 Å². The Morgan fingerprint density at radius 1 is 1.39 bits per heavy atom. The van der Waals surface area contributed by atoms with Gasteiger partial charge >= 0.3 is 5.97 Å². The zero-order valence-corrected chi connectivity index (χ0v) is 9.88. The molecule has 0 spiro atoms. The summed E-state index contributed by atoms with van der Waals surface area (Å²) in [6.07, 6.45) is 0. The van der Waals surface area contributed by atoms with Gasteiger partial charge in [0.15, 0.2) is 5.69 Å². The van der Waals surface area contributed by atoms with E-state index in [0.29, 0.717) is 24.4 Å². The molecule has 6 heteroatoms. The molecule has 0 amide bonds. The second-order valence-electron chi connectivity index (χ2n) is 3.67. The number of hydrogen-bond donors (Lipinski definition) is 2. The molecule has 2 rings (SSSR count). The van der Waals surface area contributed by atoms with E-state index < -0.39 is 5.97 Å². The summed E-state index contributed by atoms with van der Waals surface area (Å²) in [5.41, 5.74) is 1.05. The number of aromatic nitrogens is 2. The summed E-state index contributed by atoms with van der Waals surface area (Å²) in [7, 11) is 1.59. The first-order chi connectivity index (χ1) is 8.74. The van der Waals surface area contributed by atoms with E-state index in [-0.39, 0.29) is 5.69 Å². The number of hydrogen-bond acceptors (Lipinski definition) is 5. The van der Waals surface area contributed by atoms with Gasteiger partial charge in [-0.3, -0.25) is 0 Å². The topological polar surface area (TPSA) is 84.3 Å². The highest BCUT2D eigenvalue weighted by Gasteiger charge is 2.15. The standard InChI is InChI=1S/C12H13N3O3/c1-18-7-6-13-10-8-4-2-3-5-9(8)14-15-11(10)12(16)17/h2-5H,6-7H2,1H3,(H,13,14)(H,16,17). The number of nitrogens with one attached hydrogen (secondary N) is 1. The van der Waals surface area contributed by atoms with Crippen molar-refractivity contribution in [3.8, 4) is 0 Å². The minimum absolute atomic E-state index is 0.0789. The van der Waals surface area contributed by atoms with Gasteiger partial charge in [0.1, 0.15) is 0 Å². The fourth-order valence-corrected chi connectivity index (χ4v) is 1.66. The third-order valence-corrected chi connectivity index (χ3v) is 2.48. The highest BCUT2D eigenvalue weighted by molar-refractivity contribution is 6.02. The summed E-state index contributed by atoms with van der Waals surface area (Å²) < 4.78 is 4.93. The minimum Gasteiger partial charge on any atom is -0.476 e. The molecule has 1 aromatic heterocycles. The molecule has 0 aliphatic heterocycles. The van der Waals surface area contributed by atoms with Crippen LogP contribution in [-0.2, 0) is 4.74 Å². The summed E-state index contributed by atoms with van der Waals surface area (Å²) in [6.45, 7) is 0.988. The van der Waals surface area contributed by atoms with Gasteiger partial charge in [0.05, 0.1) is 17.8 Å². The average molecular weight is 247 g/mol. The Balaban J connectivity index is 2.48. The Morgan fingerprint density at radius 2 is 2.17 bits per heavy atom. The number of rotatable bonds is 5. The Hall–Kier alpha value is -2.21. The molecule has 1 aromatic carbocycles. The lowest BCUT2D eigenvalue weighted by molar-refractivity contribution is 0.0690. The number of methoxy groups -OCH3 is 1. The third kappa shape index (κ3) is 2.38. The number of anilines is 1. The maximum absolute atomic E-state index is 11.1. The first-order valence-corrected chi connectivity index (χ1v) is 5.45. The van der Waals surface area contributed by atoms with Crippen molar-refractivity contribution in [2.45, 2.75) is 0 Å². The van der Waals surface area contributed by atoms with Crippen LogP contribution in [0.3, 0.4) is 0 Å². The Kier molecular flexibility index (Phi) is 3.69. The van der Waals surface area contributed by atoms with Gasteiger partial charge in [-0.1, -0.05) is 18.2 Å². The van der Waals surface area contributed by atoms with E-state index in [1.54, 1.807) is 13.2 Å². The normalized spacial score (nSPS) is 10.5. The second-order valence-corrected chi connectivity index (χ2v) is 3.67. The van der Waals surface area contributed by atoms with Crippen molar-refractivity contribution in [1.82, 2.24) is 10.2 Å². The van der Waals surface area contributed by atoms with Crippen LogP contribution >= 0.6 is 0 Å². The Labute approximate surface area is 104 Å². The van der Waals surface area contributed by atoms with Gasteiger partial charge in [-0.2, -0.15) is 0 Å². The predicted octanol–water partition coefficient (Wildman–Crippen LogP) is 1.39. The number of nitrogens with zero attached hydrogens (tertiary/aromatic N) is 2. The Morgan fingerprint density at radius 3 is 2.89 bits per heavy atom. The van der Waals surface area contributed by atoms with Crippen LogP contribution in [0.1, 0.15) is 10.5 Å². The van der Waals surface area contributed by atoms with Crippen molar-refractivity contribution in [3.05, 3.63) is 30.0 Å².